The van der Waals surface area contributed by atoms with Gasteiger partial charge >= 0.3 is 5.97 Å². The maximum absolute atomic E-state index is 10.8. The van der Waals surface area contributed by atoms with E-state index in [9.17, 15) is 4.79 Å². The summed E-state index contributed by atoms with van der Waals surface area (Å²) in [6.07, 6.45) is 10.7. The molecule has 0 amide bonds. The second-order valence-electron chi connectivity index (χ2n) is 6.82. The van der Waals surface area contributed by atoms with Gasteiger partial charge in [0.15, 0.2) is 0 Å². The minimum absolute atomic E-state index is 0.193. The van der Waals surface area contributed by atoms with Gasteiger partial charge in [0.2, 0.25) is 0 Å². The van der Waals surface area contributed by atoms with Gasteiger partial charge in [-0.25, -0.2) is 0 Å². The van der Waals surface area contributed by atoms with Crippen LogP contribution >= 0.6 is 0 Å². The number of esters is 1. The van der Waals surface area contributed by atoms with Crippen molar-refractivity contribution in [2.45, 2.75) is 84.3 Å². The first-order valence-corrected chi connectivity index (χ1v) is 10.0. The number of unbranched alkanes of at least 4 members (excludes halogenated alkanes) is 5. The monoisotopic (exact) mass is 364 g/mol. The van der Waals surface area contributed by atoms with Crippen molar-refractivity contribution in [2.24, 2.45) is 0 Å². The van der Waals surface area contributed by atoms with Crippen LogP contribution in [0.2, 0.25) is 0 Å². The van der Waals surface area contributed by atoms with Gasteiger partial charge in [0.05, 0.1) is 26.4 Å². The van der Waals surface area contributed by atoms with Crippen LogP contribution in [0.3, 0.4) is 0 Å². The van der Waals surface area contributed by atoms with Crippen LogP contribution in [0, 0.1) is 0 Å². The van der Waals surface area contributed by atoms with Crippen molar-refractivity contribution >= 4 is 5.97 Å². The summed E-state index contributed by atoms with van der Waals surface area (Å²) in [4.78, 5) is 10.8. The molecule has 0 spiro atoms. The number of carbonyl (C=O) groups excluding carboxylic acids is 1. The Balaban J connectivity index is 2.32. The van der Waals surface area contributed by atoms with Crippen LogP contribution < -0.4 is 4.74 Å². The van der Waals surface area contributed by atoms with Gasteiger partial charge in [-0.1, -0.05) is 51.2 Å². The summed E-state index contributed by atoms with van der Waals surface area (Å²) in [5.41, 5.74) is 1.18. The average Bonchev–Trinajstić information content (AvgIpc) is 2.65. The molecule has 0 heterocycles. The zero-order valence-corrected chi connectivity index (χ0v) is 16.8. The summed E-state index contributed by atoms with van der Waals surface area (Å²) in [6.45, 7) is 4.87. The lowest BCUT2D eigenvalue weighted by molar-refractivity contribution is -0.141. The van der Waals surface area contributed by atoms with Crippen LogP contribution in [0.25, 0.3) is 0 Å². The van der Waals surface area contributed by atoms with Crippen molar-refractivity contribution in [3.05, 3.63) is 29.8 Å². The number of methoxy groups -OCH3 is 1. The molecule has 1 unspecified atom stereocenters. The van der Waals surface area contributed by atoms with Gasteiger partial charge in [-0.05, 0) is 43.4 Å². The lowest BCUT2D eigenvalue weighted by Gasteiger charge is -2.18. The van der Waals surface area contributed by atoms with Gasteiger partial charge in [0, 0.05) is 6.92 Å². The van der Waals surface area contributed by atoms with E-state index in [0.717, 1.165) is 37.9 Å². The van der Waals surface area contributed by atoms with Crippen LogP contribution in [-0.2, 0) is 20.9 Å². The van der Waals surface area contributed by atoms with Crippen LogP contribution in [0.15, 0.2) is 24.3 Å². The highest BCUT2D eigenvalue weighted by Gasteiger charge is 2.10. The molecule has 26 heavy (non-hydrogen) atoms. The molecule has 0 aromatic heterocycles. The number of rotatable bonds is 15. The number of ether oxygens (including phenoxy) is 3. The molecule has 1 aromatic rings. The molecule has 0 aliphatic heterocycles. The Kier molecular flexibility index (Phi) is 12.6. The van der Waals surface area contributed by atoms with E-state index >= 15 is 0 Å². The maximum atomic E-state index is 10.8. The van der Waals surface area contributed by atoms with E-state index in [1.54, 1.807) is 7.11 Å². The molecule has 0 bridgehead atoms. The predicted molar refractivity (Wildman–Crippen MR) is 105 cm³/mol. The third-order valence-electron chi connectivity index (χ3n) is 4.50. The van der Waals surface area contributed by atoms with Crippen molar-refractivity contribution in [1.82, 2.24) is 0 Å². The fourth-order valence-corrected chi connectivity index (χ4v) is 2.91. The Morgan fingerprint density at radius 1 is 0.962 bits per heavy atom. The second-order valence-corrected chi connectivity index (χ2v) is 6.82. The first-order chi connectivity index (χ1) is 12.7. The molecule has 148 valence electrons. The number of hydrogen-bond donors (Lipinski definition) is 0. The fraction of sp³-hybridized carbons (Fsp3) is 0.682. The van der Waals surface area contributed by atoms with Gasteiger partial charge in [0.1, 0.15) is 5.75 Å². The first-order valence-electron chi connectivity index (χ1n) is 10.0. The molecule has 1 aromatic carbocycles. The second kappa shape index (κ2) is 14.6. The summed E-state index contributed by atoms with van der Waals surface area (Å²) in [5.74, 6) is 0.680. The van der Waals surface area contributed by atoms with Gasteiger partial charge in [-0.3, -0.25) is 4.79 Å². The van der Waals surface area contributed by atoms with Crippen LogP contribution in [0.5, 0.6) is 5.75 Å². The topological polar surface area (TPSA) is 44.8 Å². The minimum Gasteiger partial charge on any atom is -0.497 e. The van der Waals surface area contributed by atoms with E-state index in [4.69, 9.17) is 14.2 Å². The van der Waals surface area contributed by atoms with Crippen LogP contribution in [-0.4, -0.2) is 25.8 Å². The van der Waals surface area contributed by atoms with Crippen molar-refractivity contribution in [1.29, 1.82) is 0 Å². The average molecular weight is 365 g/mol. The van der Waals surface area contributed by atoms with Crippen LogP contribution in [0.4, 0.5) is 0 Å². The lowest BCUT2D eigenvalue weighted by Crippen LogP contribution is -2.13. The molecule has 0 aliphatic rings. The van der Waals surface area contributed by atoms with E-state index in [-0.39, 0.29) is 5.97 Å². The Bertz CT molecular complexity index is 470. The van der Waals surface area contributed by atoms with Crippen molar-refractivity contribution in [3.8, 4) is 5.75 Å². The highest BCUT2D eigenvalue weighted by molar-refractivity contribution is 5.65. The van der Waals surface area contributed by atoms with Gasteiger partial charge in [-0.2, -0.15) is 0 Å². The SMILES string of the molecule is CCCCCCC(CCCCCOC(C)=O)OCc1ccc(OC)cc1. The summed E-state index contributed by atoms with van der Waals surface area (Å²) in [7, 11) is 1.68. The third-order valence-corrected chi connectivity index (χ3v) is 4.50. The summed E-state index contributed by atoms with van der Waals surface area (Å²) in [6, 6.07) is 8.08. The number of hydrogen-bond acceptors (Lipinski definition) is 4. The summed E-state index contributed by atoms with van der Waals surface area (Å²) in [5, 5.41) is 0. The molecule has 0 N–H and O–H groups in total. The fourth-order valence-electron chi connectivity index (χ4n) is 2.91. The quantitative estimate of drug-likeness (QED) is 0.297. The number of carbonyl (C=O) groups is 1. The molecule has 0 fully saturated rings. The molecular weight excluding hydrogens is 328 g/mol. The zero-order chi connectivity index (χ0) is 19.0. The smallest absolute Gasteiger partial charge is 0.302 e. The molecule has 0 saturated carbocycles. The molecular formula is C22H36O4. The molecule has 1 atom stereocenters. The van der Waals surface area contributed by atoms with E-state index in [1.165, 1.54) is 38.2 Å². The van der Waals surface area contributed by atoms with Crippen molar-refractivity contribution in [3.63, 3.8) is 0 Å². The largest absolute Gasteiger partial charge is 0.497 e. The first kappa shape index (κ1) is 22.5. The Morgan fingerprint density at radius 3 is 2.19 bits per heavy atom. The lowest BCUT2D eigenvalue weighted by atomic mass is 10.0. The highest BCUT2D eigenvalue weighted by Crippen LogP contribution is 2.18. The van der Waals surface area contributed by atoms with Crippen molar-refractivity contribution in [2.75, 3.05) is 13.7 Å². The minimum atomic E-state index is -0.193. The summed E-state index contributed by atoms with van der Waals surface area (Å²) < 4.78 is 16.4. The summed E-state index contributed by atoms with van der Waals surface area (Å²) >= 11 is 0. The Morgan fingerprint density at radius 2 is 1.62 bits per heavy atom. The van der Waals surface area contributed by atoms with E-state index in [1.807, 2.05) is 12.1 Å². The predicted octanol–water partition coefficient (Wildman–Crippen LogP) is 5.67. The van der Waals surface area contributed by atoms with E-state index < -0.39 is 0 Å². The van der Waals surface area contributed by atoms with Gasteiger partial charge < -0.3 is 14.2 Å². The van der Waals surface area contributed by atoms with E-state index in [2.05, 4.69) is 19.1 Å². The Labute approximate surface area is 159 Å². The maximum Gasteiger partial charge on any atom is 0.302 e. The normalized spacial score (nSPS) is 12.0. The van der Waals surface area contributed by atoms with Gasteiger partial charge in [0.25, 0.3) is 0 Å². The molecule has 4 heteroatoms. The molecule has 1 rings (SSSR count). The highest BCUT2D eigenvalue weighted by atomic mass is 16.5. The molecule has 0 radical (unpaired) electrons. The third kappa shape index (κ3) is 11.1. The van der Waals surface area contributed by atoms with E-state index in [0.29, 0.717) is 19.3 Å². The van der Waals surface area contributed by atoms with Gasteiger partial charge in [-0.15, -0.1) is 0 Å². The molecule has 0 saturated heterocycles. The molecule has 4 nitrogen and oxygen atoms in total. The Hall–Kier alpha value is -1.55. The standard InChI is InChI=1S/C22H36O4/c1-4-5-6-8-11-22(12-9-7-10-17-25-19(2)23)26-18-20-13-15-21(24-3)16-14-20/h13-16,22H,4-12,17-18H2,1-3H3. The van der Waals surface area contributed by atoms with Crippen LogP contribution in [0.1, 0.15) is 77.2 Å². The van der Waals surface area contributed by atoms with Crippen molar-refractivity contribution < 1.29 is 19.0 Å². The number of benzene rings is 1. The molecule has 0 aliphatic carbocycles. The zero-order valence-electron chi connectivity index (χ0n) is 16.8.